The summed E-state index contributed by atoms with van der Waals surface area (Å²) in [6, 6.07) is 6.83. The number of hydrogen-bond acceptors (Lipinski definition) is 5. The molecule has 2 aromatic heterocycles. The third-order valence-electron chi connectivity index (χ3n) is 3.53. The molecular formula is C15H17N3O3S2. The summed E-state index contributed by atoms with van der Waals surface area (Å²) in [7, 11) is -3.69. The molecule has 1 aliphatic carbocycles. The zero-order chi connectivity index (χ0) is 16.3. The van der Waals surface area contributed by atoms with Gasteiger partial charge in [-0.1, -0.05) is 6.07 Å². The standard InChI is InChI=1S/C15H17N3O3S2/c19-15(17-9-13-3-2-8-22-13)11-18(12-5-6-12)23(20,21)14-4-1-7-16-10-14/h1-4,7-8,10,12H,5-6,9,11H2,(H,17,19). The van der Waals surface area contributed by atoms with E-state index < -0.39 is 10.0 Å². The van der Waals surface area contributed by atoms with Gasteiger partial charge in [0.25, 0.3) is 0 Å². The van der Waals surface area contributed by atoms with Crippen LogP contribution in [-0.4, -0.2) is 36.2 Å². The molecular weight excluding hydrogens is 334 g/mol. The average Bonchev–Trinajstić information content (AvgIpc) is 3.26. The molecule has 6 nitrogen and oxygen atoms in total. The van der Waals surface area contributed by atoms with E-state index in [2.05, 4.69) is 10.3 Å². The van der Waals surface area contributed by atoms with E-state index in [1.54, 1.807) is 17.4 Å². The highest BCUT2D eigenvalue weighted by atomic mass is 32.2. The van der Waals surface area contributed by atoms with E-state index in [9.17, 15) is 13.2 Å². The van der Waals surface area contributed by atoms with Gasteiger partial charge >= 0.3 is 0 Å². The Balaban J connectivity index is 1.68. The van der Waals surface area contributed by atoms with Crippen LogP contribution < -0.4 is 5.32 Å². The van der Waals surface area contributed by atoms with Crippen LogP contribution in [0.25, 0.3) is 0 Å². The summed E-state index contributed by atoms with van der Waals surface area (Å²) in [6.07, 6.45) is 4.41. The Morgan fingerprint density at radius 2 is 2.17 bits per heavy atom. The molecule has 0 saturated heterocycles. The van der Waals surface area contributed by atoms with Gasteiger partial charge in [-0.25, -0.2) is 8.42 Å². The van der Waals surface area contributed by atoms with Crippen molar-refractivity contribution >= 4 is 27.3 Å². The molecule has 0 aliphatic heterocycles. The van der Waals surface area contributed by atoms with E-state index in [0.717, 1.165) is 17.7 Å². The van der Waals surface area contributed by atoms with Crippen molar-refractivity contribution in [3.05, 3.63) is 46.9 Å². The lowest BCUT2D eigenvalue weighted by Gasteiger charge is -2.21. The Hall–Kier alpha value is -1.77. The number of sulfonamides is 1. The summed E-state index contributed by atoms with van der Waals surface area (Å²) in [4.78, 5) is 17.1. The van der Waals surface area contributed by atoms with Crippen molar-refractivity contribution in [1.82, 2.24) is 14.6 Å². The average molecular weight is 351 g/mol. The minimum atomic E-state index is -3.69. The van der Waals surface area contributed by atoms with Crippen molar-refractivity contribution in [3.8, 4) is 0 Å². The lowest BCUT2D eigenvalue weighted by atomic mass is 10.4. The fourth-order valence-corrected chi connectivity index (χ4v) is 4.45. The molecule has 2 aromatic rings. The second-order valence-electron chi connectivity index (χ2n) is 5.33. The molecule has 3 rings (SSSR count). The quantitative estimate of drug-likeness (QED) is 0.822. The summed E-state index contributed by atoms with van der Waals surface area (Å²) < 4.78 is 26.7. The van der Waals surface area contributed by atoms with Gasteiger partial charge in [0.1, 0.15) is 4.90 Å². The SMILES string of the molecule is O=C(CN(C1CC1)S(=O)(=O)c1cccnc1)NCc1cccs1. The largest absolute Gasteiger partial charge is 0.350 e. The topological polar surface area (TPSA) is 79.4 Å². The number of rotatable bonds is 7. The van der Waals surface area contributed by atoms with Gasteiger partial charge in [-0.2, -0.15) is 4.31 Å². The summed E-state index contributed by atoms with van der Waals surface area (Å²) in [5.74, 6) is -0.294. The highest BCUT2D eigenvalue weighted by Crippen LogP contribution is 2.31. The van der Waals surface area contributed by atoms with Crippen molar-refractivity contribution in [2.45, 2.75) is 30.3 Å². The summed E-state index contributed by atoms with van der Waals surface area (Å²) in [6.45, 7) is 0.259. The first-order valence-corrected chi connectivity index (χ1v) is 9.60. The zero-order valence-electron chi connectivity index (χ0n) is 12.4. The van der Waals surface area contributed by atoms with Gasteiger partial charge in [-0.3, -0.25) is 9.78 Å². The summed E-state index contributed by atoms with van der Waals surface area (Å²) in [5.41, 5.74) is 0. The normalized spacial score (nSPS) is 14.8. The van der Waals surface area contributed by atoms with E-state index in [1.165, 1.54) is 22.8 Å². The molecule has 0 bridgehead atoms. The number of nitrogens with zero attached hydrogens (tertiary/aromatic N) is 2. The molecule has 0 radical (unpaired) electrons. The highest BCUT2D eigenvalue weighted by molar-refractivity contribution is 7.89. The van der Waals surface area contributed by atoms with E-state index in [4.69, 9.17) is 0 Å². The van der Waals surface area contributed by atoms with Crippen LogP contribution in [0.15, 0.2) is 46.9 Å². The Kier molecular flexibility index (Phi) is 4.74. The number of nitrogens with one attached hydrogen (secondary N) is 1. The third kappa shape index (κ3) is 3.95. The van der Waals surface area contributed by atoms with Crippen LogP contribution in [0.3, 0.4) is 0 Å². The number of pyridine rings is 1. The third-order valence-corrected chi connectivity index (χ3v) is 6.29. The number of thiophene rings is 1. The van der Waals surface area contributed by atoms with Gasteiger partial charge in [0.05, 0.1) is 13.1 Å². The smallest absolute Gasteiger partial charge is 0.245 e. The molecule has 1 saturated carbocycles. The van der Waals surface area contributed by atoms with Crippen LogP contribution in [0.1, 0.15) is 17.7 Å². The molecule has 23 heavy (non-hydrogen) atoms. The van der Waals surface area contributed by atoms with Crippen molar-refractivity contribution in [2.75, 3.05) is 6.54 Å². The molecule has 1 N–H and O–H groups in total. The Bertz CT molecular complexity index is 757. The lowest BCUT2D eigenvalue weighted by Crippen LogP contribution is -2.41. The van der Waals surface area contributed by atoms with Gasteiger partial charge in [-0.05, 0) is 36.4 Å². The van der Waals surface area contributed by atoms with Gasteiger partial charge < -0.3 is 5.32 Å². The molecule has 122 valence electrons. The maximum Gasteiger partial charge on any atom is 0.245 e. The van der Waals surface area contributed by atoms with Crippen molar-refractivity contribution in [3.63, 3.8) is 0 Å². The Morgan fingerprint density at radius 1 is 1.35 bits per heavy atom. The van der Waals surface area contributed by atoms with Crippen LogP contribution >= 0.6 is 11.3 Å². The predicted molar refractivity (Wildman–Crippen MR) is 87.3 cm³/mol. The number of carbonyl (C=O) groups excluding carboxylic acids is 1. The Labute approximate surface area is 139 Å². The fourth-order valence-electron chi connectivity index (χ4n) is 2.20. The minimum Gasteiger partial charge on any atom is -0.350 e. The predicted octanol–water partition coefficient (Wildman–Crippen LogP) is 1.61. The van der Waals surface area contributed by atoms with Crippen LogP contribution in [0.5, 0.6) is 0 Å². The maximum absolute atomic E-state index is 12.7. The van der Waals surface area contributed by atoms with Crippen LogP contribution in [0, 0.1) is 0 Å². The van der Waals surface area contributed by atoms with E-state index in [1.807, 2.05) is 17.5 Å². The van der Waals surface area contributed by atoms with E-state index in [0.29, 0.717) is 6.54 Å². The lowest BCUT2D eigenvalue weighted by molar-refractivity contribution is -0.121. The maximum atomic E-state index is 12.7. The summed E-state index contributed by atoms with van der Waals surface area (Å²) in [5, 5.41) is 4.71. The van der Waals surface area contributed by atoms with Crippen molar-refractivity contribution in [1.29, 1.82) is 0 Å². The van der Waals surface area contributed by atoms with Crippen molar-refractivity contribution in [2.24, 2.45) is 0 Å². The molecule has 0 unspecified atom stereocenters. The van der Waals surface area contributed by atoms with Crippen molar-refractivity contribution < 1.29 is 13.2 Å². The first-order valence-electron chi connectivity index (χ1n) is 7.28. The van der Waals surface area contributed by atoms with E-state index in [-0.39, 0.29) is 23.4 Å². The van der Waals surface area contributed by atoms with Crippen LogP contribution in [0.2, 0.25) is 0 Å². The molecule has 0 aromatic carbocycles. The van der Waals surface area contributed by atoms with Crippen LogP contribution in [0.4, 0.5) is 0 Å². The molecule has 2 heterocycles. The van der Waals surface area contributed by atoms with Gasteiger partial charge in [0, 0.05) is 23.3 Å². The first kappa shape index (κ1) is 16.1. The highest BCUT2D eigenvalue weighted by Gasteiger charge is 2.39. The minimum absolute atomic E-state index is 0.0901. The number of carbonyl (C=O) groups is 1. The molecule has 0 spiro atoms. The van der Waals surface area contributed by atoms with Crippen LogP contribution in [-0.2, 0) is 21.4 Å². The second-order valence-corrected chi connectivity index (χ2v) is 8.25. The molecule has 1 aliphatic rings. The van der Waals surface area contributed by atoms with Gasteiger partial charge in [0.15, 0.2) is 0 Å². The van der Waals surface area contributed by atoms with Gasteiger partial charge in [-0.15, -0.1) is 11.3 Å². The molecule has 8 heteroatoms. The molecule has 1 amide bonds. The monoisotopic (exact) mass is 351 g/mol. The molecule has 0 atom stereocenters. The fraction of sp³-hybridized carbons (Fsp3) is 0.333. The summed E-state index contributed by atoms with van der Waals surface area (Å²) >= 11 is 1.55. The Morgan fingerprint density at radius 3 is 2.78 bits per heavy atom. The van der Waals surface area contributed by atoms with Gasteiger partial charge in [0.2, 0.25) is 15.9 Å². The van der Waals surface area contributed by atoms with E-state index >= 15 is 0 Å². The zero-order valence-corrected chi connectivity index (χ0v) is 14.0. The number of hydrogen-bond donors (Lipinski definition) is 1. The number of amides is 1. The second kappa shape index (κ2) is 6.77. The number of aromatic nitrogens is 1. The first-order chi connectivity index (χ1) is 11.1. The molecule has 1 fully saturated rings.